The Hall–Kier alpha value is -2.48. The van der Waals surface area contributed by atoms with E-state index >= 15 is 0 Å². The molecular weight excluding hydrogens is 462 g/mol. The summed E-state index contributed by atoms with van der Waals surface area (Å²) in [6.45, 7) is 0. The lowest BCUT2D eigenvalue weighted by atomic mass is 9.89. The highest BCUT2D eigenvalue weighted by Gasteiger charge is 2.28. The SMILES string of the molecule is O=S(=O)(NN=C1CC(c2ccccc2)NC(c2ccccc2)C1)c1ccc(Br)cc1. The van der Waals surface area contributed by atoms with Crippen LogP contribution in [-0.2, 0) is 10.0 Å². The molecular formula is C23H22BrN3O2S. The number of halogens is 1. The van der Waals surface area contributed by atoms with Crippen LogP contribution < -0.4 is 10.1 Å². The molecule has 0 radical (unpaired) electrons. The van der Waals surface area contributed by atoms with Gasteiger partial charge >= 0.3 is 0 Å². The van der Waals surface area contributed by atoms with Crippen molar-refractivity contribution in [2.45, 2.75) is 29.8 Å². The van der Waals surface area contributed by atoms with Crippen LogP contribution in [0.4, 0.5) is 0 Å². The van der Waals surface area contributed by atoms with Crippen molar-refractivity contribution < 1.29 is 8.42 Å². The van der Waals surface area contributed by atoms with E-state index in [1.165, 1.54) is 0 Å². The summed E-state index contributed by atoms with van der Waals surface area (Å²) in [5, 5.41) is 8.02. The third-order valence-electron chi connectivity index (χ3n) is 5.13. The van der Waals surface area contributed by atoms with Gasteiger partial charge in [0.15, 0.2) is 0 Å². The minimum atomic E-state index is -3.72. The fourth-order valence-electron chi connectivity index (χ4n) is 3.60. The number of nitrogens with one attached hydrogen (secondary N) is 2. The third-order valence-corrected chi connectivity index (χ3v) is 6.89. The first-order valence-corrected chi connectivity index (χ1v) is 12.0. The van der Waals surface area contributed by atoms with Crippen LogP contribution in [0.2, 0.25) is 0 Å². The van der Waals surface area contributed by atoms with Crippen molar-refractivity contribution in [3.8, 4) is 0 Å². The average Bonchev–Trinajstić information content (AvgIpc) is 2.79. The zero-order valence-electron chi connectivity index (χ0n) is 16.2. The van der Waals surface area contributed by atoms with Crippen LogP contribution in [0.1, 0.15) is 36.1 Å². The maximum atomic E-state index is 12.6. The van der Waals surface area contributed by atoms with Crippen molar-refractivity contribution in [2.75, 3.05) is 0 Å². The van der Waals surface area contributed by atoms with Gasteiger partial charge in [0, 0.05) is 35.1 Å². The van der Waals surface area contributed by atoms with E-state index < -0.39 is 10.0 Å². The Bertz CT molecular complexity index is 1070. The highest BCUT2D eigenvalue weighted by Crippen LogP contribution is 2.31. The van der Waals surface area contributed by atoms with E-state index in [0.717, 1.165) is 21.3 Å². The predicted octanol–water partition coefficient (Wildman–Crippen LogP) is 4.95. The lowest BCUT2D eigenvalue weighted by Crippen LogP contribution is -2.36. The molecule has 0 amide bonds. The Balaban J connectivity index is 1.59. The molecule has 3 aromatic carbocycles. The molecule has 0 bridgehead atoms. The Labute approximate surface area is 185 Å². The molecule has 0 aliphatic carbocycles. The summed E-state index contributed by atoms with van der Waals surface area (Å²) in [5.74, 6) is 0. The summed E-state index contributed by atoms with van der Waals surface area (Å²) >= 11 is 3.32. The highest BCUT2D eigenvalue weighted by atomic mass is 79.9. The first kappa shape index (κ1) is 20.8. The van der Waals surface area contributed by atoms with Crippen molar-refractivity contribution in [2.24, 2.45) is 5.10 Å². The quantitative estimate of drug-likeness (QED) is 0.504. The van der Waals surface area contributed by atoms with Crippen molar-refractivity contribution in [1.82, 2.24) is 10.1 Å². The zero-order valence-corrected chi connectivity index (χ0v) is 18.6. The van der Waals surface area contributed by atoms with Gasteiger partial charge in [0.2, 0.25) is 0 Å². The predicted molar refractivity (Wildman–Crippen MR) is 123 cm³/mol. The van der Waals surface area contributed by atoms with Gasteiger partial charge in [0.05, 0.1) is 4.90 Å². The second kappa shape index (κ2) is 9.12. The van der Waals surface area contributed by atoms with E-state index in [9.17, 15) is 8.42 Å². The van der Waals surface area contributed by atoms with Crippen LogP contribution in [0.3, 0.4) is 0 Å². The topological polar surface area (TPSA) is 70.6 Å². The monoisotopic (exact) mass is 483 g/mol. The van der Waals surface area contributed by atoms with Gasteiger partial charge in [-0.3, -0.25) is 0 Å². The normalized spacial score (nSPS) is 19.3. The van der Waals surface area contributed by atoms with E-state index in [1.54, 1.807) is 24.3 Å². The van der Waals surface area contributed by atoms with Gasteiger partial charge in [-0.25, -0.2) is 4.83 Å². The van der Waals surface area contributed by atoms with Gasteiger partial charge in [-0.2, -0.15) is 13.5 Å². The molecule has 1 aliphatic rings. The molecule has 2 N–H and O–H groups in total. The first-order valence-electron chi connectivity index (χ1n) is 9.70. The smallest absolute Gasteiger partial charge is 0.276 e. The molecule has 30 heavy (non-hydrogen) atoms. The van der Waals surface area contributed by atoms with Gasteiger partial charge in [-0.1, -0.05) is 76.6 Å². The fourth-order valence-corrected chi connectivity index (χ4v) is 4.71. The van der Waals surface area contributed by atoms with Crippen LogP contribution in [-0.4, -0.2) is 14.1 Å². The minimum Gasteiger partial charge on any atom is -0.302 e. The molecule has 7 heteroatoms. The zero-order chi connectivity index (χ0) is 21.0. The van der Waals surface area contributed by atoms with Crippen LogP contribution in [0.25, 0.3) is 0 Å². The fraction of sp³-hybridized carbons (Fsp3) is 0.174. The largest absolute Gasteiger partial charge is 0.302 e. The number of piperidine rings is 1. The van der Waals surface area contributed by atoms with E-state index in [-0.39, 0.29) is 17.0 Å². The number of hydrogen-bond donors (Lipinski definition) is 2. The molecule has 1 saturated heterocycles. The summed E-state index contributed by atoms with van der Waals surface area (Å²) in [4.78, 5) is 2.61. The number of benzene rings is 3. The van der Waals surface area contributed by atoms with Gasteiger partial charge in [-0.15, -0.1) is 0 Å². The van der Waals surface area contributed by atoms with Crippen LogP contribution >= 0.6 is 15.9 Å². The number of rotatable bonds is 5. The molecule has 0 spiro atoms. The van der Waals surface area contributed by atoms with Crippen LogP contribution in [0.5, 0.6) is 0 Å². The molecule has 154 valence electrons. The number of hydrogen-bond acceptors (Lipinski definition) is 4. The molecule has 3 aromatic rings. The van der Waals surface area contributed by atoms with E-state index in [1.807, 2.05) is 36.4 Å². The van der Waals surface area contributed by atoms with Crippen molar-refractivity contribution in [3.63, 3.8) is 0 Å². The Kier molecular flexibility index (Phi) is 6.32. The highest BCUT2D eigenvalue weighted by molar-refractivity contribution is 9.10. The number of hydrazone groups is 1. The summed E-state index contributed by atoms with van der Waals surface area (Å²) in [6.07, 6.45) is 1.27. The van der Waals surface area contributed by atoms with Gasteiger partial charge < -0.3 is 5.32 Å². The Morgan fingerprint density at radius 2 is 1.30 bits per heavy atom. The molecule has 2 unspecified atom stereocenters. The van der Waals surface area contributed by atoms with Crippen molar-refractivity contribution in [3.05, 3.63) is 101 Å². The van der Waals surface area contributed by atoms with E-state index in [2.05, 4.69) is 55.4 Å². The molecule has 2 atom stereocenters. The van der Waals surface area contributed by atoms with Crippen LogP contribution in [0, 0.1) is 0 Å². The second-order valence-corrected chi connectivity index (χ2v) is 9.80. The Morgan fingerprint density at radius 3 is 1.80 bits per heavy atom. The Morgan fingerprint density at radius 1 is 0.800 bits per heavy atom. The van der Waals surface area contributed by atoms with Crippen molar-refractivity contribution >= 4 is 31.7 Å². The molecule has 0 aromatic heterocycles. The van der Waals surface area contributed by atoms with E-state index in [0.29, 0.717) is 12.8 Å². The lowest BCUT2D eigenvalue weighted by Gasteiger charge is -2.32. The number of nitrogens with zero attached hydrogens (tertiary/aromatic N) is 1. The summed E-state index contributed by atoms with van der Waals surface area (Å²) in [6, 6.07) is 26.9. The summed E-state index contributed by atoms with van der Waals surface area (Å²) in [5.41, 5.74) is 3.13. The molecule has 0 saturated carbocycles. The maximum Gasteiger partial charge on any atom is 0.276 e. The molecule has 1 aliphatic heterocycles. The second-order valence-electron chi connectivity index (χ2n) is 7.23. The summed E-state index contributed by atoms with van der Waals surface area (Å²) in [7, 11) is -3.72. The summed E-state index contributed by atoms with van der Waals surface area (Å²) < 4.78 is 26.1. The molecule has 5 nitrogen and oxygen atoms in total. The van der Waals surface area contributed by atoms with Gasteiger partial charge in [0.1, 0.15) is 0 Å². The first-order chi connectivity index (χ1) is 14.5. The van der Waals surface area contributed by atoms with Gasteiger partial charge in [-0.05, 0) is 35.4 Å². The molecule has 1 fully saturated rings. The number of sulfonamides is 1. The molecule has 1 heterocycles. The lowest BCUT2D eigenvalue weighted by molar-refractivity contribution is 0.427. The minimum absolute atomic E-state index is 0.0566. The molecule has 4 rings (SSSR count). The maximum absolute atomic E-state index is 12.6. The standard InChI is InChI=1S/C23H22BrN3O2S/c24-19-11-13-21(14-12-19)30(28,29)27-26-20-15-22(17-7-3-1-4-8-17)25-23(16-20)18-9-5-2-6-10-18/h1-14,22-23,25,27H,15-16H2. The van der Waals surface area contributed by atoms with Crippen LogP contribution in [0.15, 0.2) is 99.4 Å². The third kappa shape index (κ3) is 4.98. The van der Waals surface area contributed by atoms with Gasteiger partial charge in [0.25, 0.3) is 10.0 Å². The van der Waals surface area contributed by atoms with Crippen molar-refractivity contribution in [1.29, 1.82) is 0 Å². The van der Waals surface area contributed by atoms with E-state index in [4.69, 9.17) is 0 Å². The average molecular weight is 484 g/mol.